The Balaban J connectivity index is 1.10. The van der Waals surface area contributed by atoms with Gasteiger partial charge in [0.25, 0.3) is 0 Å². The highest BCUT2D eigenvalue weighted by atomic mass is 31.0. The van der Waals surface area contributed by atoms with E-state index >= 15 is 0 Å². The number of hydrogen-bond acceptors (Lipinski definition) is 1. The lowest BCUT2D eigenvalue weighted by Gasteiger charge is -2.26. The highest BCUT2D eigenvalue weighted by Crippen LogP contribution is 2.35. The predicted octanol–water partition coefficient (Wildman–Crippen LogP) is 12.7. The highest BCUT2D eigenvalue weighted by molar-refractivity contribution is 7.23. The molecule has 1 heterocycles. The van der Waals surface area contributed by atoms with E-state index in [-0.39, 0.29) is 0 Å². The molecule has 0 aliphatic rings. The van der Waals surface area contributed by atoms with E-state index in [0.29, 0.717) is 0 Å². The van der Waals surface area contributed by atoms with Crippen molar-refractivity contribution in [2.24, 2.45) is 0 Å². The summed E-state index contributed by atoms with van der Waals surface area (Å²) in [6.45, 7) is 4.51. The van der Waals surface area contributed by atoms with Crippen molar-refractivity contribution in [2.75, 3.05) is 4.90 Å². The first-order valence-electron chi connectivity index (χ1n) is 16.8. The summed E-state index contributed by atoms with van der Waals surface area (Å²) in [6.07, 6.45) is 4.12. The van der Waals surface area contributed by atoms with Gasteiger partial charge < -0.3 is 9.47 Å². The molecule has 1 aromatic heterocycles. The molecule has 8 aromatic rings. The third-order valence-electron chi connectivity index (χ3n) is 9.21. The maximum atomic E-state index is 4.51. The molecule has 238 valence electrons. The Kier molecular flexibility index (Phi) is 8.53. The molecule has 7 aromatic carbocycles. The number of benzene rings is 7. The van der Waals surface area contributed by atoms with Crippen molar-refractivity contribution in [3.8, 4) is 27.9 Å². The van der Waals surface area contributed by atoms with Crippen LogP contribution in [0, 0.1) is 0 Å². The van der Waals surface area contributed by atoms with Gasteiger partial charge in [0.1, 0.15) is 0 Å². The zero-order valence-electron chi connectivity index (χ0n) is 27.6. The van der Waals surface area contributed by atoms with Gasteiger partial charge in [0.2, 0.25) is 0 Å². The van der Waals surface area contributed by atoms with Gasteiger partial charge in [-0.15, -0.1) is 8.86 Å². The van der Waals surface area contributed by atoms with Gasteiger partial charge in [-0.3, -0.25) is 0 Å². The Morgan fingerprint density at radius 3 is 1.40 bits per heavy atom. The van der Waals surface area contributed by atoms with Crippen molar-refractivity contribution >= 4 is 47.3 Å². The van der Waals surface area contributed by atoms with Crippen molar-refractivity contribution in [1.82, 2.24) is 4.57 Å². The zero-order valence-corrected chi connectivity index (χ0v) is 28.6. The second-order valence-electron chi connectivity index (χ2n) is 12.3. The van der Waals surface area contributed by atoms with Crippen LogP contribution in [0.1, 0.15) is 5.56 Å². The van der Waals surface area contributed by atoms with Crippen molar-refractivity contribution in [2.45, 2.75) is 0 Å². The first-order chi connectivity index (χ1) is 24.6. The molecule has 0 atom stereocenters. The van der Waals surface area contributed by atoms with E-state index in [9.17, 15) is 0 Å². The van der Waals surface area contributed by atoms with E-state index in [1.54, 1.807) is 0 Å². The summed E-state index contributed by atoms with van der Waals surface area (Å²) in [5.41, 5.74) is 12.3. The van der Waals surface area contributed by atoms with Gasteiger partial charge in [-0.1, -0.05) is 140 Å². The molecular formula is C47H35N2P. The van der Waals surface area contributed by atoms with Crippen LogP contribution in [0.15, 0.2) is 206 Å². The molecule has 2 nitrogen and oxygen atoms in total. The van der Waals surface area contributed by atoms with E-state index < -0.39 is 0 Å². The van der Waals surface area contributed by atoms with Crippen LogP contribution in [0.3, 0.4) is 0 Å². The zero-order chi connectivity index (χ0) is 33.9. The van der Waals surface area contributed by atoms with Crippen LogP contribution in [-0.4, -0.2) is 9.86 Å². The van der Waals surface area contributed by atoms with Crippen LogP contribution in [0.2, 0.25) is 0 Å². The maximum absolute atomic E-state index is 4.51. The fourth-order valence-electron chi connectivity index (χ4n) is 6.69. The summed E-state index contributed by atoms with van der Waals surface area (Å²) < 4.78 is 2.35. The number of hydrogen-bond donors (Lipinski definition) is 0. The summed E-state index contributed by atoms with van der Waals surface area (Å²) in [5, 5.41) is 3.53. The third-order valence-corrected chi connectivity index (χ3v) is 9.67. The lowest BCUT2D eigenvalue weighted by Crippen LogP contribution is -2.14. The summed E-state index contributed by atoms with van der Waals surface area (Å²) in [6, 6.07) is 64.3. The van der Waals surface area contributed by atoms with Gasteiger partial charge in [-0.25, -0.2) is 0 Å². The molecule has 0 unspecified atom stereocenters. The topological polar surface area (TPSA) is 8.17 Å². The number of aromatic nitrogens is 1. The molecule has 8 rings (SSSR count). The smallest absolute Gasteiger partial charge is 0.0541 e. The summed E-state index contributed by atoms with van der Waals surface area (Å²) in [5.74, 6) is 0. The molecule has 0 saturated carbocycles. The standard InChI is InChI=1S/C47H35N2P/c1-34(20-33-47(50)39-14-6-3-7-15-39)48(40-27-21-36(22-28-40)35-12-4-2-5-13-35)41-29-23-37(24-30-41)38-25-31-42(32-26-38)49-45-18-10-8-16-43(45)44-17-9-11-19-46(44)49/h2-33,50H,1H2/b33-20-. The second-order valence-corrected chi connectivity index (χ2v) is 12.9. The minimum Gasteiger partial charge on any atom is -0.311 e. The second kappa shape index (κ2) is 13.7. The summed E-state index contributed by atoms with van der Waals surface area (Å²) in [7, 11) is 3.82. The normalized spacial score (nSPS) is 11.3. The molecule has 0 N–H and O–H groups in total. The average Bonchev–Trinajstić information content (AvgIpc) is 3.53. The van der Waals surface area contributed by atoms with E-state index in [1.165, 1.54) is 38.5 Å². The van der Waals surface area contributed by atoms with Gasteiger partial charge in [0.05, 0.1) is 11.0 Å². The van der Waals surface area contributed by atoms with Gasteiger partial charge in [0, 0.05) is 38.8 Å². The van der Waals surface area contributed by atoms with Gasteiger partial charge in [-0.05, 0) is 88.5 Å². The highest BCUT2D eigenvalue weighted by Gasteiger charge is 2.14. The van der Waals surface area contributed by atoms with Gasteiger partial charge in [0.15, 0.2) is 0 Å². The van der Waals surface area contributed by atoms with Crippen LogP contribution in [-0.2, 0) is 0 Å². The monoisotopic (exact) mass is 658 g/mol. The molecule has 0 aliphatic heterocycles. The maximum Gasteiger partial charge on any atom is 0.0541 e. The SMILES string of the molecule is C=C(/C=C\C(=P)c1ccccc1)N(c1ccc(-c2ccccc2)cc1)c1ccc(-c2ccc(-n3c4ccccc4c4ccccc43)cc2)cc1. The predicted molar refractivity (Wildman–Crippen MR) is 217 cm³/mol. The van der Waals surface area contributed by atoms with E-state index in [2.05, 4.69) is 195 Å². The molecule has 0 saturated heterocycles. The number of allylic oxidation sites excluding steroid dienone is 2. The minimum absolute atomic E-state index is 0.854. The first kappa shape index (κ1) is 31.1. The lowest BCUT2D eigenvalue weighted by atomic mass is 10.0. The summed E-state index contributed by atoms with van der Waals surface area (Å²) in [4.78, 5) is 2.20. The number of anilines is 2. The van der Waals surface area contributed by atoms with Crippen molar-refractivity contribution in [1.29, 1.82) is 0 Å². The van der Waals surface area contributed by atoms with E-state index in [4.69, 9.17) is 0 Å². The van der Waals surface area contributed by atoms with E-state index in [1.807, 2.05) is 24.3 Å². The van der Waals surface area contributed by atoms with Crippen LogP contribution >= 0.6 is 8.86 Å². The Morgan fingerprint density at radius 1 is 0.460 bits per heavy atom. The molecule has 3 heteroatoms. The lowest BCUT2D eigenvalue weighted by molar-refractivity contribution is 1.18. The Morgan fingerprint density at radius 2 is 0.880 bits per heavy atom. The van der Waals surface area contributed by atoms with Crippen molar-refractivity contribution < 1.29 is 0 Å². The van der Waals surface area contributed by atoms with Crippen LogP contribution in [0.5, 0.6) is 0 Å². The Hall–Kier alpha value is -6.21. The molecule has 0 spiro atoms. The molecule has 0 amide bonds. The fourth-order valence-corrected chi connectivity index (χ4v) is 6.94. The fraction of sp³-hybridized carbons (Fsp3) is 0. The van der Waals surface area contributed by atoms with Crippen molar-refractivity contribution in [3.05, 3.63) is 212 Å². The number of nitrogens with zero attached hydrogens (tertiary/aromatic N) is 2. The number of para-hydroxylation sites is 2. The van der Waals surface area contributed by atoms with Crippen LogP contribution < -0.4 is 4.90 Å². The first-order valence-corrected chi connectivity index (χ1v) is 17.3. The largest absolute Gasteiger partial charge is 0.311 e. The van der Waals surface area contributed by atoms with Gasteiger partial charge >= 0.3 is 0 Å². The molecular weight excluding hydrogens is 624 g/mol. The van der Waals surface area contributed by atoms with Gasteiger partial charge in [-0.2, -0.15) is 0 Å². The van der Waals surface area contributed by atoms with Crippen molar-refractivity contribution in [3.63, 3.8) is 0 Å². The molecule has 0 bridgehead atoms. The minimum atomic E-state index is 0.854. The average molecular weight is 659 g/mol. The van der Waals surface area contributed by atoms with Crippen LogP contribution in [0.4, 0.5) is 11.4 Å². The van der Waals surface area contributed by atoms with Crippen LogP contribution in [0.25, 0.3) is 49.7 Å². The Bertz CT molecular complexity index is 2420. The quantitative estimate of drug-likeness (QED) is 0.111. The molecule has 0 fully saturated rings. The number of fused-ring (bicyclic) bond motifs is 3. The molecule has 0 radical (unpaired) electrons. The molecule has 50 heavy (non-hydrogen) atoms. The third kappa shape index (κ3) is 6.10. The molecule has 0 aliphatic carbocycles. The van der Waals surface area contributed by atoms with E-state index in [0.717, 1.165) is 39.2 Å². The Labute approximate surface area is 295 Å². The number of rotatable bonds is 9. The summed E-state index contributed by atoms with van der Waals surface area (Å²) >= 11 is 0.